The van der Waals surface area contributed by atoms with E-state index in [2.05, 4.69) is 176 Å². The molecule has 0 fully saturated rings. The van der Waals surface area contributed by atoms with E-state index in [-0.39, 0.29) is 0 Å². The summed E-state index contributed by atoms with van der Waals surface area (Å²) in [5.74, 6) is 0. The number of benzene rings is 8. The van der Waals surface area contributed by atoms with Crippen LogP contribution < -0.4 is 4.90 Å². The molecule has 0 N–H and O–H groups in total. The molecule has 2 aliphatic rings. The molecule has 0 saturated heterocycles. The summed E-state index contributed by atoms with van der Waals surface area (Å²) in [6.07, 6.45) is 0. The fraction of sp³-hybridized carbons (Fsp3) is 0.0400. The lowest BCUT2D eigenvalue weighted by atomic mass is 9.67. The fourth-order valence-electron chi connectivity index (χ4n) is 9.38. The van der Waals surface area contributed by atoms with Gasteiger partial charge < -0.3 is 9.32 Å². The lowest BCUT2D eigenvalue weighted by Gasteiger charge is -2.40. The van der Waals surface area contributed by atoms with Crippen LogP contribution in [0, 0.1) is 6.92 Å². The van der Waals surface area contributed by atoms with Crippen molar-refractivity contribution < 1.29 is 4.42 Å². The lowest BCUT2D eigenvalue weighted by Crippen LogP contribution is -2.32. The number of thiophene rings is 1. The summed E-state index contributed by atoms with van der Waals surface area (Å²) in [6, 6.07) is 62.7. The summed E-state index contributed by atoms with van der Waals surface area (Å²) in [7, 11) is 0. The number of nitrogens with zero attached hydrogens (tertiary/aromatic N) is 1. The van der Waals surface area contributed by atoms with E-state index in [0.29, 0.717) is 0 Å². The second-order valence-electron chi connectivity index (χ2n) is 14.4. The maximum Gasteiger partial charge on any atom is 0.159 e. The van der Waals surface area contributed by atoms with Crippen molar-refractivity contribution in [2.75, 3.05) is 4.90 Å². The highest BCUT2D eigenvalue weighted by Gasteiger charge is 2.50. The number of furan rings is 1. The van der Waals surface area contributed by atoms with E-state index in [0.717, 1.165) is 39.0 Å². The lowest BCUT2D eigenvalue weighted by molar-refractivity contribution is 0.669. The van der Waals surface area contributed by atoms with E-state index in [1.165, 1.54) is 68.9 Å². The van der Waals surface area contributed by atoms with Crippen LogP contribution in [-0.2, 0) is 5.41 Å². The number of aryl methyl sites for hydroxylation is 1. The maximum absolute atomic E-state index is 6.68. The molecule has 1 aliphatic heterocycles. The fourth-order valence-corrected chi connectivity index (χ4v) is 11.8. The van der Waals surface area contributed by atoms with E-state index in [4.69, 9.17) is 4.42 Å². The van der Waals surface area contributed by atoms with Crippen LogP contribution in [0.3, 0.4) is 0 Å². The number of anilines is 3. The van der Waals surface area contributed by atoms with Gasteiger partial charge in [-0.05, 0) is 94.4 Å². The third kappa shape index (κ3) is 4.02. The van der Waals surface area contributed by atoms with E-state index in [1.807, 2.05) is 29.2 Å². The zero-order valence-corrected chi connectivity index (χ0v) is 31.0. The first-order valence-corrected chi connectivity index (χ1v) is 20.1. The largest absolute Gasteiger partial charge is 0.454 e. The number of rotatable bonds is 3. The number of hydrogen-bond donors (Lipinski definition) is 0. The van der Waals surface area contributed by atoms with Crippen molar-refractivity contribution >= 4 is 82.3 Å². The average Bonchev–Trinajstić information content (AvgIpc) is 3.87. The highest BCUT2D eigenvalue weighted by atomic mass is 32.2. The summed E-state index contributed by atoms with van der Waals surface area (Å²) in [6.45, 7) is 2.20. The van der Waals surface area contributed by atoms with Crippen LogP contribution in [0.25, 0.3) is 53.2 Å². The van der Waals surface area contributed by atoms with Gasteiger partial charge >= 0.3 is 0 Å². The molecule has 0 unspecified atom stereocenters. The zero-order valence-electron chi connectivity index (χ0n) is 29.3. The third-order valence-corrected chi connectivity index (χ3v) is 13.9. The molecule has 4 heteroatoms. The van der Waals surface area contributed by atoms with Crippen LogP contribution in [0.1, 0.15) is 27.8 Å². The van der Waals surface area contributed by atoms with Crippen molar-refractivity contribution in [2.24, 2.45) is 0 Å². The number of hydrogen-bond acceptors (Lipinski definition) is 4. The molecular formula is C50H31NOS2. The summed E-state index contributed by atoms with van der Waals surface area (Å²) in [4.78, 5) is 4.98. The van der Waals surface area contributed by atoms with Gasteiger partial charge in [-0.3, -0.25) is 0 Å². The molecule has 2 nitrogen and oxygen atoms in total. The quantitative estimate of drug-likeness (QED) is 0.180. The Kier molecular flexibility index (Phi) is 6.32. The molecule has 0 amide bonds. The minimum atomic E-state index is -0.467. The Morgan fingerprint density at radius 2 is 1.15 bits per heavy atom. The van der Waals surface area contributed by atoms with Gasteiger partial charge in [0.2, 0.25) is 0 Å². The third-order valence-electron chi connectivity index (χ3n) is 11.7. The van der Waals surface area contributed by atoms with Gasteiger partial charge in [-0.1, -0.05) is 133 Å². The van der Waals surface area contributed by atoms with Gasteiger partial charge in [0.05, 0.1) is 11.1 Å². The van der Waals surface area contributed by atoms with Crippen molar-refractivity contribution in [2.45, 2.75) is 22.1 Å². The molecule has 10 aromatic rings. The zero-order chi connectivity index (χ0) is 35.5. The molecule has 1 aliphatic carbocycles. The van der Waals surface area contributed by atoms with E-state index in [1.54, 1.807) is 0 Å². The summed E-state index contributed by atoms with van der Waals surface area (Å²) < 4.78 is 9.34. The molecule has 54 heavy (non-hydrogen) atoms. The second kappa shape index (κ2) is 11.2. The topological polar surface area (TPSA) is 16.4 Å². The van der Waals surface area contributed by atoms with Crippen LogP contribution >= 0.6 is 23.1 Å². The van der Waals surface area contributed by atoms with Gasteiger partial charge in [0.15, 0.2) is 5.58 Å². The number of para-hydroxylation sites is 3. The van der Waals surface area contributed by atoms with E-state index >= 15 is 0 Å². The second-order valence-corrected chi connectivity index (χ2v) is 16.6. The Labute approximate surface area is 320 Å². The van der Waals surface area contributed by atoms with Gasteiger partial charge in [0.25, 0.3) is 0 Å². The van der Waals surface area contributed by atoms with Crippen LogP contribution in [0.4, 0.5) is 17.1 Å². The minimum Gasteiger partial charge on any atom is -0.454 e. The molecule has 1 spiro atoms. The van der Waals surface area contributed by atoms with Gasteiger partial charge in [-0.2, -0.15) is 0 Å². The maximum atomic E-state index is 6.68. The first kappa shape index (κ1) is 30.4. The smallest absolute Gasteiger partial charge is 0.159 e. The normalized spacial score (nSPS) is 13.7. The molecule has 0 radical (unpaired) electrons. The molecule has 254 valence electrons. The highest BCUT2D eigenvalue weighted by molar-refractivity contribution is 7.99. The molecule has 3 heterocycles. The molecule has 12 rings (SSSR count). The van der Waals surface area contributed by atoms with Crippen molar-refractivity contribution in [3.63, 3.8) is 0 Å². The van der Waals surface area contributed by atoms with E-state index in [9.17, 15) is 0 Å². The predicted molar refractivity (Wildman–Crippen MR) is 227 cm³/mol. The highest BCUT2D eigenvalue weighted by Crippen LogP contribution is 2.63. The average molecular weight is 726 g/mol. The SMILES string of the molecule is Cc1ccccc1N(c1ccc2c(c1)Sc1cc3sc4ccccc4c3cc1C21c2ccccc2-c2ccccc21)c1cccc2c1oc1ccccc12. The Balaban J connectivity index is 1.16. The van der Waals surface area contributed by atoms with E-state index < -0.39 is 5.41 Å². The van der Waals surface area contributed by atoms with Crippen molar-refractivity contribution in [3.05, 3.63) is 198 Å². The Morgan fingerprint density at radius 3 is 1.98 bits per heavy atom. The monoisotopic (exact) mass is 725 g/mol. The van der Waals surface area contributed by atoms with Crippen molar-refractivity contribution in [1.82, 2.24) is 0 Å². The standard InChI is InChI=1S/C50H31NOS2/c1-30-13-2-9-21-42(30)51(43-22-12-18-36-34-16-5-10-23-44(34)52-49(36)43)31-25-26-40-47(27-31)54-48-29-46-37(35-17-6-11-24-45(35)53-46)28-41(48)50(40)38-19-7-3-14-32(38)33-15-4-8-20-39(33)50/h2-29H,1H3. The Morgan fingerprint density at radius 1 is 0.481 bits per heavy atom. The van der Waals surface area contributed by atoms with Gasteiger partial charge in [0.1, 0.15) is 5.58 Å². The summed E-state index contributed by atoms with van der Waals surface area (Å²) in [5.41, 5.74) is 13.8. The van der Waals surface area contributed by atoms with Crippen LogP contribution in [0.5, 0.6) is 0 Å². The Bertz CT molecular complexity index is 3140. The van der Waals surface area contributed by atoms with Crippen LogP contribution in [-0.4, -0.2) is 0 Å². The Hall–Kier alpha value is -6.07. The van der Waals surface area contributed by atoms with Gasteiger partial charge in [-0.15, -0.1) is 11.3 Å². The minimum absolute atomic E-state index is 0.467. The summed E-state index contributed by atoms with van der Waals surface area (Å²) in [5, 5.41) is 4.91. The summed E-state index contributed by atoms with van der Waals surface area (Å²) >= 11 is 3.80. The first-order valence-electron chi connectivity index (χ1n) is 18.4. The van der Waals surface area contributed by atoms with Gasteiger partial charge in [-0.25, -0.2) is 0 Å². The number of fused-ring (bicyclic) bond motifs is 15. The molecule has 8 aromatic carbocycles. The van der Waals surface area contributed by atoms with Crippen LogP contribution in [0.2, 0.25) is 0 Å². The molecule has 0 bridgehead atoms. The van der Waals surface area contributed by atoms with Crippen molar-refractivity contribution in [1.29, 1.82) is 0 Å². The molecular weight excluding hydrogens is 695 g/mol. The van der Waals surface area contributed by atoms with Gasteiger partial charge in [0, 0.05) is 52.1 Å². The van der Waals surface area contributed by atoms with Crippen molar-refractivity contribution in [3.8, 4) is 11.1 Å². The molecule has 2 aromatic heterocycles. The van der Waals surface area contributed by atoms with Crippen LogP contribution in [0.15, 0.2) is 184 Å². The predicted octanol–water partition coefficient (Wildman–Crippen LogP) is 14.6. The molecule has 0 saturated carbocycles. The molecule has 0 atom stereocenters. The first-order chi connectivity index (χ1) is 26.7.